The molecule has 3 heterocycles. The molecule has 4 rings (SSSR count). The number of benzene rings is 1. The number of rotatable bonds is 4. The van der Waals surface area contributed by atoms with Crippen LogP contribution >= 0.6 is 11.6 Å². The van der Waals surface area contributed by atoms with E-state index in [9.17, 15) is 13.2 Å². The monoisotopic (exact) mass is 453 g/mol. The molecule has 1 amide bonds. The van der Waals surface area contributed by atoms with Gasteiger partial charge in [0, 0.05) is 31.4 Å². The SMILES string of the molecule is CC[C@H]1CN(C(=O)c2cc(S(=O)(=O)N3CCOCC3)cn2C)c2cc(Cl)ccc2O1. The summed E-state index contributed by atoms with van der Waals surface area (Å²) in [4.78, 5) is 15.2. The number of ether oxygens (including phenoxy) is 2. The summed E-state index contributed by atoms with van der Waals surface area (Å²) in [5.74, 6) is 0.285. The molecule has 8 nitrogen and oxygen atoms in total. The molecule has 0 saturated carbocycles. The molecule has 1 atom stereocenters. The van der Waals surface area contributed by atoms with Crippen molar-refractivity contribution in [1.82, 2.24) is 8.87 Å². The van der Waals surface area contributed by atoms with Gasteiger partial charge in [0.25, 0.3) is 5.91 Å². The number of anilines is 1. The van der Waals surface area contributed by atoms with Crippen molar-refractivity contribution in [1.29, 1.82) is 0 Å². The number of hydrogen-bond acceptors (Lipinski definition) is 5. The van der Waals surface area contributed by atoms with E-state index in [0.717, 1.165) is 6.42 Å². The van der Waals surface area contributed by atoms with Gasteiger partial charge in [-0.15, -0.1) is 0 Å². The highest BCUT2D eigenvalue weighted by Gasteiger charge is 2.33. The van der Waals surface area contributed by atoms with Crippen molar-refractivity contribution < 1.29 is 22.7 Å². The third-order valence-electron chi connectivity index (χ3n) is 5.40. The summed E-state index contributed by atoms with van der Waals surface area (Å²) in [6.45, 7) is 3.67. The number of hydrogen-bond donors (Lipinski definition) is 0. The molecule has 162 valence electrons. The largest absolute Gasteiger partial charge is 0.486 e. The zero-order chi connectivity index (χ0) is 21.5. The number of morpholine rings is 1. The standard InChI is InChI=1S/C20H24ClN3O5S/c1-3-15-12-24(17-10-14(21)4-5-19(17)29-15)20(25)18-11-16(13-22(18)2)30(26,27)23-6-8-28-9-7-23/h4-5,10-11,13,15H,3,6-9,12H2,1-2H3/t15-/m0/s1. The van der Waals surface area contributed by atoms with Crippen LogP contribution in [0.5, 0.6) is 5.75 Å². The Balaban J connectivity index is 1.68. The third kappa shape index (κ3) is 3.82. The summed E-state index contributed by atoms with van der Waals surface area (Å²) in [5.41, 5.74) is 0.862. The predicted molar refractivity (Wildman–Crippen MR) is 113 cm³/mol. The van der Waals surface area contributed by atoms with Crippen LogP contribution in [0.1, 0.15) is 23.8 Å². The van der Waals surface area contributed by atoms with Gasteiger partial charge in [0.15, 0.2) is 0 Å². The summed E-state index contributed by atoms with van der Waals surface area (Å²) in [7, 11) is -2.03. The van der Waals surface area contributed by atoms with Crippen molar-refractivity contribution in [3.63, 3.8) is 0 Å². The van der Waals surface area contributed by atoms with Crippen LogP contribution in [0.25, 0.3) is 0 Å². The molecular formula is C20H24ClN3O5S. The smallest absolute Gasteiger partial charge is 0.275 e. The van der Waals surface area contributed by atoms with E-state index in [1.807, 2.05) is 6.92 Å². The van der Waals surface area contributed by atoms with E-state index in [1.54, 1.807) is 34.7 Å². The molecule has 30 heavy (non-hydrogen) atoms. The number of sulfonamides is 1. The van der Waals surface area contributed by atoms with Crippen molar-refractivity contribution in [2.45, 2.75) is 24.3 Å². The first-order valence-electron chi connectivity index (χ1n) is 9.83. The molecule has 0 aliphatic carbocycles. The molecule has 0 unspecified atom stereocenters. The van der Waals surface area contributed by atoms with E-state index < -0.39 is 10.0 Å². The highest BCUT2D eigenvalue weighted by atomic mass is 35.5. The molecule has 1 aromatic heterocycles. The molecule has 2 aromatic rings. The summed E-state index contributed by atoms with van der Waals surface area (Å²) >= 11 is 6.15. The minimum absolute atomic E-state index is 0.0990. The van der Waals surface area contributed by atoms with Crippen molar-refractivity contribution in [2.24, 2.45) is 7.05 Å². The maximum Gasteiger partial charge on any atom is 0.275 e. The summed E-state index contributed by atoms with van der Waals surface area (Å²) in [5, 5.41) is 0.493. The first kappa shape index (κ1) is 21.2. The van der Waals surface area contributed by atoms with Gasteiger partial charge >= 0.3 is 0 Å². The van der Waals surface area contributed by atoms with Gasteiger partial charge < -0.3 is 14.0 Å². The number of aromatic nitrogens is 1. The van der Waals surface area contributed by atoms with Gasteiger partial charge in [-0.2, -0.15) is 4.31 Å². The second-order valence-electron chi connectivity index (χ2n) is 7.36. The highest BCUT2D eigenvalue weighted by molar-refractivity contribution is 7.89. The Bertz CT molecular complexity index is 1060. The third-order valence-corrected chi connectivity index (χ3v) is 7.50. The Morgan fingerprint density at radius 2 is 1.97 bits per heavy atom. The number of aryl methyl sites for hydroxylation is 1. The zero-order valence-electron chi connectivity index (χ0n) is 16.9. The fraction of sp³-hybridized carbons (Fsp3) is 0.450. The quantitative estimate of drug-likeness (QED) is 0.710. The zero-order valence-corrected chi connectivity index (χ0v) is 18.4. The molecule has 1 fully saturated rings. The number of halogens is 1. The maximum atomic E-state index is 13.5. The van der Waals surface area contributed by atoms with Gasteiger partial charge in [-0.3, -0.25) is 9.69 Å². The molecular weight excluding hydrogens is 430 g/mol. The number of amides is 1. The molecule has 0 spiro atoms. The first-order chi connectivity index (χ1) is 14.3. The molecule has 0 N–H and O–H groups in total. The molecule has 10 heteroatoms. The first-order valence-corrected chi connectivity index (χ1v) is 11.7. The van der Waals surface area contributed by atoms with Crippen LogP contribution in [0.4, 0.5) is 5.69 Å². The highest BCUT2D eigenvalue weighted by Crippen LogP contribution is 2.37. The van der Waals surface area contributed by atoms with E-state index in [0.29, 0.717) is 49.3 Å². The molecule has 1 aromatic carbocycles. The van der Waals surface area contributed by atoms with Crippen LogP contribution in [0.15, 0.2) is 35.4 Å². The average Bonchev–Trinajstić information content (AvgIpc) is 3.15. The number of fused-ring (bicyclic) bond motifs is 1. The number of carbonyl (C=O) groups excluding carboxylic acids is 1. The van der Waals surface area contributed by atoms with Crippen LogP contribution in [0.3, 0.4) is 0 Å². The van der Waals surface area contributed by atoms with Gasteiger partial charge in [-0.1, -0.05) is 18.5 Å². The van der Waals surface area contributed by atoms with Gasteiger partial charge in [-0.25, -0.2) is 8.42 Å². The molecule has 0 bridgehead atoms. The fourth-order valence-electron chi connectivity index (χ4n) is 3.69. The number of carbonyl (C=O) groups is 1. The Kier molecular flexibility index (Phi) is 5.80. The van der Waals surface area contributed by atoms with E-state index >= 15 is 0 Å². The fourth-order valence-corrected chi connectivity index (χ4v) is 5.33. The minimum atomic E-state index is -3.69. The van der Waals surface area contributed by atoms with Gasteiger partial charge in [0.1, 0.15) is 22.4 Å². The van der Waals surface area contributed by atoms with Crippen molar-refractivity contribution in [3.05, 3.63) is 41.2 Å². The molecule has 2 aliphatic heterocycles. The topological polar surface area (TPSA) is 81.1 Å². The second-order valence-corrected chi connectivity index (χ2v) is 9.74. The van der Waals surface area contributed by atoms with E-state index in [4.69, 9.17) is 21.1 Å². The van der Waals surface area contributed by atoms with Crippen molar-refractivity contribution >= 4 is 33.2 Å². The van der Waals surface area contributed by atoms with Crippen LogP contribution in [0.2, 0.25) is 5.02 Å². The maximum absolute atomic E-state index is 13.5. The van der Waals surface area contributed by atoms with Gasteiger partial charge in [-0.05, 0) is 30.7 Å². The average molecular weight is 454 g/mol. The number of nitrogens with zero attached hydrogens (tertiary/aromatic N) is 3. The lowest BCUT2D eigenvalue weighted by Gasteiger charge is -2.34. The Labute approximate surface area is 181 Å². The lowest BCUT2D eigenvalue weighted by molar-refractivity contribution is 0.0730. The normalized spacial score (nSPS) is 20.0. The second kappa shape index (κ2) is 8.22. The van der Waals surface area contributed by atoms with E-state index in [-0.39, 0.29) is 22.6 Å². The van der Waals surface area contributed by atoms with Crippen LogP contribution < -0.4 is 9.64 Å². The van der Waals surface area contributed by atoms with E-state index in [1.165, 1.54) is 16.6 Å². The van der Waals surface area contributed by atoms with Crippen molar-refractivity contribution in [2.75, 3.05) is 37.7 Å². The van der Waals surface area contributed by atoms with Crippen molar-refractivity contribution in [3.8, 4) is 5.75 Å². The van der Waals surface area contributed by atoms with Gasteiger partial charge in [0.05, 0.1) is 25.4 Å². The predicted octanol–water partition coefficient (Wildman–Crippen LogP) is 2.52. The van der Waals surface area contributed by atoms with Gasteiger partial charge in [0.2, 0.25) is 10.0 Å². The van der Waals surface area contributed by atoms with Crippen LogP contribution in [0, 0.1) is 0 Å². The molecule has 0 radical (unpaired) electrons. The lowest BCUT2D eigenvalue weighted by Crippen LogP contribution is -2.43. The van der Waals surface area contributed by atoms with Crippen LogP contribution in [-0.4, -0.2) is 62.1 Å². The Hall–Kier alpha value is -2.07. The molecule has 2 aliphatic rings. The Morgan fingerprint density at radius 1 is 1.23 bits per heavy atom. The minimum Gasteiger partial charge on any atom is -0.486 e. The Morgan fingerprint density at radius 3 is 2.67 bits per heavy atom. The lowest BCUT2D eigenvalue weighted by atomic mass is 10.1. The van der Waals surface area contributed by atoms with Crippen LogP contribution in [-0.2, 0) is 21.8 Å². The summed E-state index contributed by atoms with van der Waals surface area (Å²) < 4.78 is 40.1. The summed E-state index contributed by atoms with van der Waals surface area (Å²) in [6.07, 6.45) is 2.06. The molecule has 1 saturated heterocycles. The van der Waals surface area contributed by atoms with E-state index in [2.05, 4.69) is 0 Å². The summed E-state index contributed by atoms with van der Waals surface area (Å²) in [6, 6.07) is 6.60.